The molecule has 0 aromatic heterocycles. The Morgan fingerprint density at radius 3 is 1.65 bits per heavy atom. The third kappa shape index (κ3) is 8.76. The highest BCUT2D eigenvalue weighted by atomic mass is 32.2. The molecule has 0 bridgehead atoms. The van der Waals surface area contributed by atoms with Crippen molar-refractivity contribution in [2.24, 2.45) is 0 Å². The van der Waals surface area contributed by atoms with Crippen LogP contribution in [0.25, 0.3) is 0 Å². The van der Waals surface area contributed by atoms with Gasteiger partial charge in [-0.1, -0.05) is 82.9 Å². The van der Waals surface area contributed by atoms with Crippen molar-refractivity contribution in [3.05, 3.63) is 78.9 Å². The molecule has 3 heteroatoms. The Morgan fingerprint density at radius 1 is 0.588 bits per heavy atom. The third-order valence-electron chi connectivity index (χ3n) is 6.21. The van der Waals surface area contributed by atoms with Crippen LogP contribution in [-0.4, -0.2) is 12.9 Å². The van der Waals surface area contributed by atoms with Crippen LogP contribution >= 0.6 is 11.8 Å². The molecule has 0 fully saturated rings. The number of hydrogen-bond acceptors (Lipinski definition) is 3. The Labute approximate surface area is 211 Å². The van der Waals surface area contributed by atoms with E-state index in [2.05, 4.69) is 78.6 Å². The molecule has 2 nitrogen and oxygen atoms in total. The quantitative estimate of drug-likeness (QED) is 0.151. The van der Waals surface area contributed by atoms with E-state index in [0.29, 0.717) is 0 Å². The van der Waals surface area contributed by atoms with E-state index in [9.17, 15) is 0 Å². The molecule has 0 aliphatic rings. The first-order valence-corrected chi connectivity index (χ1v) is 14.0. The van der Waals surface area contributed by atoms with E-state index in [4.69, 9.17) is 4.74 Å². The Hall–Kier alpha value is -2.39. The molecule has 3 rings (SSSR count). The van der Waals surface area contributed by atoms with Crippen LogP contribution in [0, 0.1) is 0 Å². The molecule has 182 valence electrons. The van der Waals surface area contributed by atoms with Crippen LogP contribution in [0.5, 0.6) is 5.75 Å². The predicted octanol–water partition coefficient (Wildman–Crippen LogP) is 10.2. The van der Waals surface area contributed by atoms with Crippen molar-refractivity contribution in [1.29, 1.82) is 0 Å². The number of ether oxygens (including phenoxy) is 1. The zero-order chi connectivity index (χ0) is 23.8. The Morgan fingerprint density at radius 2 is 1.09 bits per heavy atom. The van der Waals surface area contributed by atoms with E-state index in [1.807, 2.05) is 23.9 Å². The summed E-state index contributed by atoms with van der Waals surface area (Å²) < 4.78 is 5.35. The minimum absolute atomic E-state index is 0.871. The summed E-state index contributed by atoms with van der Waals surface area (Å²) in [7, 11) is 1.70. The maximum Gasteiger partial charge on any atom is 0.119 e. The largest absolute Gasteiger partial charge is 0.497 e. The number of thioether (sulfide) groups is 1. The molecule has 0 heterocycles. The van der Waals surface area contributed by atoms with Gasteiger partial charge in [-0.25, -0.2) is 0 Å². The number of benzene rings is 3. The van der Waals surface area contributed by atoms with Crippen molar-refractivity contribution in [1.82, 2.24) is 0 Å². The predicted molar refractivity (Wildman–Crippen MR) is 150 cm³/mol. The topological polar surface area (TPSA) is 12.5 Å². The molecule has 34 heavy (non-hydrogen) atoms. The summed E-state index contributed by atoms with van der Waals surface area (Å²) in [5.74, 6) is 2.08. The van der Waals surface area contributed by atoms with Gasteiger partial charge in [0.05, 0.1) is 7.11 Å². The normalized spacial score (nSPS) is 10.9. The van der Waals surface area contributed by atoms with Crippen molar-refractivity contribution in [2.45, 2.75) is 76.0 Å². The van der Waals surface area contributed by atoms with Gasteiger partial charge in [0.1, 0.15) is 5.75 Å². The number of rotatable bonds is 16. The van der Waals surface area contributed by atoms with Crippen LogP contribution in [0.1, 0.15) is 71.1 Å². The smallest absolute Gasteiger partial charge is 0.119 e. The first kappa shape index (κ1) is 26.2. The lowest BCUT2D eigenvalue weighted by atomic mass is 10.1. The van der Waals surface area contributed by atoms with Gasteiger partial charge in [0, 0.05) is 22.0 Å². The summed E-state index contributed by atoms with van der Waals surface area (Å²) in [4.78, 5) is 3.64. The Bertz CT molecular complexity index is 908. The average molecular weight is 476 g/mol. The zero-order valence-electron chi connectivity index (χ0n) is 21.0. The molecule has 3 aromatic rings. The molecule has 0 amide bonds. The van der Waals surface area contributed by atoms with Gasteiger partial charge in [0.2, 0.25) is 0 Å². The minimum atomic E-state index is 0.871. The Balaban J connectivity index is 1.47. The van der Waals surface area contributed by atoms with Gasteiger partial charge in [-0.2, -0.15) is 0 Å². The fourth-order valence-electron chi connectivity index (χ4n) is 4.23. The van der Waals surface area contributed by atoms with E-state index in [0.717, 1.165) is 17.1 Å². The monoisotopic (exact) mass is 475 g/mol. The minimum Gasteiger partial charge on any atom is -0.497 e. The standard InChI is InChI=1S/C31H41NOS/c1-3-4-5-6-7-8-9-10-11-15-26-34-31-24-20-29(21-25-31)32(27-16-13-12-14-17-27)28-18-22-30(33-2)23-19-28/h12-14,16-25H,3-11,15,26H2,1-2H3. The van der Waals surface area contributed by atoms with Crippen molar-refractivity contribution >= 4 is 28.8 Å². The van der Waals surface area contributed by atoms with Gasteiger partial charge >= 0.3 is 0 Å². The van der Waals surface area contributed by atoms with Crippen molar-refractivity contribution < 1.29 is 4.74 Å². The number of methoxy groups -OCH3 is 1. The molecule has 0 radical (unpaired) electrons. The fraction of sp³-hybridized carbons (Fsp3) is 0.419. The second-order valence-electron chi connectivity index (χ2n) is 8.89. The molecule has 0 saturated carbocycles. The van der Waals surface area contributed by atoms with Crippen LogP contribution in [0.2, 0.25) is 0 Å². The lowest BCUT2D eigenvalue weighted by molar-refractivity contribution is 0.415. The third-order valence-corrected chi connectivity index (χ3v) is 7.30. The first-order valence-electron chi connectivity index (χ1n) is 13.0. The molecule has 0 aliphatic heterocycles. The van der Waals surface area contributed by atoms with Crippen LogP contribution in [-0.2, 0) is 0 Å². The van der Waals surface area contributed by atoms with Crippen LogP contribution in [0.4, 0.5) is 17.1 Å². The maximum absolute atomic E-state index is 5.35. The molecular weight excluding hydrogens is 434 g/mol. The van der Waals surface area contributed by atoms with Crippen molar-refractivity contribution in [3.63, 3.8) is 0 Å². The van der Waals surface area contributed by atoms with Gasteiger partial charge < -0.3 is 9.64 Å². The second kappa shape index (κ2) is 15.5. The van der Waals surface area contributed by atoms with E-state index in [1.165, 1.54) is 80.5 Å². The summed E-state index contributed by atoms with van der Waals surface area (Å²) in [6, 6.07) is 27.8. The molecule has 0 unspecified atom stereocenters. The van der Waals surface area contributed by atoms with Crippen molar-refractivity contribution in [2.75, 3.05) is 17.8 Å². The van der Waals surface area contributed by atoms with E-state index in [1.54, 1.807) is 7.11 Å². The highest BCUT2D eigenvalue weighted by Crippen LogP contribution is 2.36. The van der Waals surface area contributed by atoms with Crippen LogP contribution in [0.3, 0.4) is 0 Å². The molecule has 0 aliphatic carbocycles. The summed E-state index contributed by atoms with van der Waals surface area (Å²) in [5.41, 5.74) is 3.44. The summed E-state index contributed by atoms with van der Waals surface area (Å²) in [5, 5.41) is 0. The average Bonchev–Trinajstić information content (AvgIpc) is 2.89. The summed E-state index contributed by atoms with van der Waals surface area (Å²) >= 11 is 1.98. The molecule has 3 aromatic carbocycles. The van der Waals surface area contributed by atoms with Crippen LogP contribution in [0.15, 0.2) is 83.8 Å². The van der Waals surface area contributed by atoms with Gasteiger partial charge in [-0.05, 0) is 72.8 Å². The fourth-order valence-corrected chi connectivity index (χ4v) is 5.14. The van der Waals surface area contributed by atoms with Gasteiger partial charge in [0.15, 0.2) is 0 Å². The van der Waals surface area contributed by atoms with Crippen LogP contribution < -0.4 is 9.64 Å². The van der Waals surface area contributed by atoms with E-state index in [-0.39, 0.29) is 0 Å². The highest BCUT2D eigenvalue weighted by molar-refractivity contribution is 7.99. The number of anilines is 3. The highest BCUT2D eigenvalue weighted by Gasteiger charge is 2.12. The van der Waals surface area contributed by atoms with Gasteiger partial charge in [0.25, 0.3) is 0 Å². The second-order valence-corrected chi connectivity index (χ2v) is 10.1. The number of hydrogen-bond donors (Lipinski definition) is 0. The van der Waals surface area contributed by atoms with E-state index >= 15 is 0 Å². The van der Waals surface area contributed by atoms with Gasteiger partial charge in [-0.3, -0.25) is 0 Å². The van der Waals surface area contributed by atoms with Gasteiger partial charge in [-0.15, -0.1) is 11.8 Å². The van der Waals surface area contributed by atoms with E-state index < -0.39 is 0 Å². The number of nitrogens with zero attached hydrogens (tertiary/aromatic N) is 1. The summed E-state index contributed by atoms with van der Waals surface area (Å²) in [6.07, 6.45) is 13.9. The molecule has 0 N–H and O–H groups in total. The zero-order valence-corrected chi connectivity index (χ0v) is 21.9. The number of unbranched alkanes of at least 4 members (excludes halogenated alkanes) is 9. The molecular formula is C31H41NOS. The molecule has 0 atom stereocenters. The first-order chi connectivity index (χ1) is 16.8. The Kier molecular flexibility index (Phi) is 12.0. The maximum atomic E-state index is 5.35. The molecule has 0 saturated heterocycles. The number of para-hydroxylation sites is 1. The lowest BCUT2D eigenvalue weighted by Gasteiger charge is -2.25. The lowest BCUT2D eigenvalue weighted by Crippen LogP contribution is -2.09. The SMILES string of the molecule is CCCCCCCCCCCCSc1ccc(N(c2ccccc2)c2ccc(OC)cc2)cc1. The molecule has 0 spiro atoms. The summed E-state index contributed by atoms with van der Waals surface area (Å²) in [6.45, 7) is 2.29. The van der Waals surface area contributed by atoms with Crippen molar-refractivity contribution in [3.8, 4) is 5.75 Å².